The van der Waals surface area contributed by atoms with E-state index >= 15 is 0 Å². The first-order chi connectivity index (χ1) is 14.0. The van der Waals surface area contributed by atoms with Crippen LogP contribution in [0.4, 0.5) is 0 Å². The first-order valence-corrected chi connectivity index (χ1v) is 9.52. The number of carbonyl (C=O) groups is 2. The summed E-state index contributed by atoms with van der Waals surface area (Å²) in [6.45, 7) is 2.32. The van der Waals surface area contributed by atoms with Gasteiger partial charge in [0.25, 0.3) is 5.91 Å². The summed E-state index contributed by atoms with van der Waals surface area (Å²) in [5.74, 6) is 0.107. The summed E-state index contributed by atoms with van der Waals surface area (Å²) < 4.78 is 1.51. The van der Waals surface area contributed by atoms with Crippen LogP contribution in [-0.4, -0.2) is 45.1 Å². The van der Waals surface area contributed by atoms with Gasteiger partial charge in [0.05, 0.1) is 0 Å². The maximum Gasteiger partial charge on any atom is 0.251 e. The van der Waals surface area contributed by atoms with Gasteiger partial charge in [-0.1, -0.05) is 41.9 Å². The van der Waals surface area contributed by atoms with E-state index in [1.54, 1.807) is 31.2 Å². The predicted molar refractivity (Wildman–Crippen MR) is 109 cm³/mol. The van der Waals surface area contributed by atoms with Crippen molar-refractivity contribution in [2.24, 2.45) is 0 Å². The van der Waals surface area contributed by atoms with Gasteiger partial charge in [0.1, 0.15) is 11.9 Å². The molecule has 0 fully saturated rings. The topological polar surface area (TPSA) is 102 Å². The fraction of sp³-hybridized carbons (Fsp3) is 0.250. The van der Waals surface area contributed by atoms with E-state index in [-0.39, 0.29) is 18.4 Å². The number of benzene rings is 2. The third-order valence-corrected chi connectivity index (χ3v) is 4.60. The van der Waals surface area contributed by atoms with Crippen LogP contribution in [0.5, 0.6) is 0 Å². The first kappa shape index (κ1) is 20.5. The van der Waals surface area contributed by atoms with Gasteiger partial charge in [0.2, 0.25) is 5.91 Å². The molecule has 2 N–H and O–H groups in total. The van der Waals surface area contributed by atoms with Gasteiger partial charge in [-0.15, -0.1) is 5.10 Å². The number of aryl methyl sites for hydroxylation is 1. The highest BCUT2D eigenvalue weighted by Gasteiger charge is 2.23. The minimum Gasteiger partial charge on any atom is -0.352 e. The summed E-state index contributed by atoms with van der Waals surface area (Å²) in [4.78, 5) is 24.9. The van der Waals surface area contributed by atoms with Crippen molar-refractivity contribution < 1.29 is 9.59 Å². The Hall–Kier alpha value is -3.26. The molecule has 0 radical (unpaired) electrons. The zero-order valence-corrected chi connectivity index (χ0v) is 16.6. The minimum atomic E-state index is -0.584. The number of nitrogens with zero attached hydrogens (tertiary/aromatic N) is 4. The summed E-state index contributed by atoms with van der Waals surface area (Å²) >= 11 is 5.82. The summed E-state index contributed by atoms with van der Waals surface area (Å²) in [5.41, 5.74) is 1.51. The Bertz CT molecular complexity index is 959. The summed E-state index contributed by atoms with van der Waals surface area (Å²) in [6.07, 6.45) is 0.454. The van der Waals surface area contributed by atoms with E-state index in [1.807, 2.05) is 30.3 Å². The zero-order valence-electron chi connectivity index (χ0n) is 15.9. The first-order valence-electron chi connectivity index (χ1n) is 9.14. The third kappa shape index (κ3) is 5.61. The van der Waals surface area contributed by atoms with Crippen LogP contribution in [0.1, 0.15) is 27.8 Å². The highest BCUT2D eigenvalue weighted by molar-refractivity contribution is 6.30. The lowest BCUT2D eigenvalue weighted by Crippen LogP contribution is -2.39. The lowest BCUT2D eigenvalue weighted by molar-refractivity contribution is -0.124. The number of amides is 2. The maximum atomic E-state index is 12.8. The van der Waals surface area contributed by atoms with E-state index in [1.165, 1.54) is 4.68 Å². The molecule has 0 aliphatic heterocycles. The van der Waals surface area contributed by atoms with Crippen LogP contribution in [0.2, 0.25) is 5.02 Å². The minimum absolute atomic E-state index is 0.218. The Kier molecular flexibility index (Phi) is 6.91. The number of hydrogen-bond donors (Lipinski definition) is 2. The molecule has 1 heterocycles. The zero-order chi connectivity index (χ0) is 20.6. The average molecular weight is 413 g/mol. The van der Waals surface area contributed by atoms with E-state index in [4.69, 9.17) is 11.6 Å². The molecule has 1 aromatic heterocycles. The standard InChI is InChI=1S/C20H21ClN6O2/c1-14-24-25-26-27(14)18(13-15-5-3-2-4-6-15)20(29)23-12-11-22-19(28)16-7-9-17(21)10-8-16/h2-10,18H,11-13H2,1H3,(H,22,28)(H,23,29). The maximum absolute atomic E-state index is 12.8. The van der Waals surface area contributed by atoms with Crippen molar-refractivity contribution in [1.82, 2.24) is 30.8 Å². The quantitative estimate of drug-likeness (QED) is 0.551. The number of nitrogens with one attached hydrogen (secondary N) is 2. The number of carbonyl (C=O) groups excluding carboxylic acids is 2. The summed E-state index contributed by atoms with van der Waals surface area (Å²) in [6, 6.07) is 15.7. The number of tetrazole rings is 1. The molecule has 2 amide bonds. The van der Waals surface area contributed by atoms with E-state index in [2.05, 4.69) is 26.2 Å². The number of hydrogen-bond acceptors (Lipinski definition) is 5. The summed E-state index contributed by atoms with van der Waals surface area (Å²) in [7, 11) is 0. The molecule has 0 bridgehead atoms. The molecule has 8 nitrogen and oxygen atoms in total. The third-order valence-electron chi connectivity index (χ3n) is 4.34. The molecule has 150 valence electrons. The Morgan fingerprint density at radius 1 is 1.03 bits per heavy atom. The molecule has 0 saturated heterocycles. The van der Waals surface area contributed by atoms with Crippen LogP contribution in [0.25, 0.3) is 0 Å². The molecule has 3 aromatic rings. The molecule has 1 atom stereocenters. The van der Waals surface area contributed by atoms with Crippen molar-refractivity contribution in [2.45, 2.75) is 19.4 Å². The Morgan fingerprint density at radius 2 is 1.72 bits per heavy atom. The van der Waals surface area contributed by atoms with Gasteiger partial charge in [-0.05, 0) is 47.2 Å². The molecule has 9 heteroatoms. The average Bonchev–Trinajstić information content (AvgIpc) is 3.16. The molecule has 2 aromatic carbocycles. The fourth-order valence-corrected chi connectivity index (χ4v) is 2.96. The lowest BCUT2D eigenvalue weighted by atomic mass is 10.1. The van der Waals surface area contributed by atoms with Crippen LogP contribution in [0.15, 0.2) is 54.6 Å². The van der Waals surface area contributed by atoms with Gasteiger partial charge in [0.15, 0.2) is 0 Å². The number of halogens is 1. The van der Waals surface area contributed by atoms with Crippen LogP contribution in [-0.2, 0) is 11.2 Å². The SMILES string of the molecule is Cc1nnnn1C(Cc1ccccc1)C(=O)NCCNC(=O)c1ccc(Cl)cc1. The molecule has 1 unspecified atom stereocenters. The van der Waals surface area contributed by atoms with Gasteiger partial charge in [-0.3, -0.25) is 9.59 Å². The van der Waals surface area contributed by atoms with Crippen molar-refractivity contribution in [1.29, 1.82) is 0 Å². The Morgan fingerprint density at radius 3 is 2.38 bits per heavy atom. The number of aromatic nitrogens is 4. The van der Waals surface area contributed by atoms with Crippen LogP contribution in [0, 0.1) is 6.92 Å². The predicted octanol–water partition coefficient (Wildman–Crippen LogP) is 1.96. The van der Waals surface area contributed by atoms with E-state index in [0.717, 1.165) is 5.56 Å². The van der Waals surface area contributed by atoms with E-state index in [9.17, 15) is 9.59 Å². The van der Waals surface area contributed by atoms with Crippen LogP contribution < -0.4 is 10.6 Å². The summed E-state index contributed by atoms with van der Waals surface area (Å²) in [5, 5.41) is 17.6. The van der Waals surface area contributed by atoms with Crippen LogP contribution in [0.3, 0.4) is 0 Å². The van der Waals surface area contributed by atoms with Crippen molar-refractivity contribution >= 4 is 23.4 Å². The molecule has 0 saturated carbocycles. The van der Waals surface area contributed by atoms with Gasteiger partial charge >= 0.3 is 0 Å². The molecule has 3 rings (SSSR count). The number of rotatable bonds is 8. The molecular weight excluding hydrogens is 392 g/mol. The van der Waals surface area contributed by atoms with E-state index < -0.39 is 6.04 Å². The molecular formula is C20H21ClN6O2. The largest absolute Gasteiger partial charge is 0.352 e. The fourth-order valence-electron chi connectivity index (χ4n) is 2.84. The monoisotopic (exact) mass is 412 g/mol. The smallest absolute Gasteiger partial charge is 0.251 e. The van der Waals surface area contributed by atoms with Crippen LogP contribution >= 0.6 is 11.6 Å². The Balaban J connectivity index is 1.56. The lowest BCUT2D eigenvalue weighted by Gasteiger charge is -2.17. The second-order valence-electron chi connectivity index (χ2n) is 6.43. The van der Waals surface area contributed by atoms with Gasteiger partial charge < -0.3 is 10.6 Å². The van der Waals surface area contributed by atoms with Crippen molar-refractivity contribution in [2.75, 3.05) is 13.1 Å². The second-order valence-corrected chi connectivity index (χ2v) is 6.87. The molecule has 0 aliphatic carbocycles. The second kappa shape index (κ2) is 9.79. The molecule has 0 aliphatic rings. The normalized spacial score (nSPS) is 11.7. The van der Waals surface area contributed by atoms with Crippen molar-refractivity contribution in [3.05, 3.63) is 76.6 Å². The van der Waals surface area contributed by atoms with E-state index in [0.29, 0.717) is 29.4 Å². The van der Waals surface area contributed by atoms with Gasteiger partial charge in [-0.2, -0.15) is 0 Å². The van der Waals surface area contributed by atoms with Gasteiger partial charge in [-0.25, -0.2) is 4.68 Å². The molecule has 0 spiro atoms. The van der Waals surface area contributed by atoms with Crippen molar-refractivity contribution in [3.63, 3.8) is 0 Å². The molecule has 29 heavy (non-hydrogen) atoms. The van der Waals surface area contributed by atoms with Gasteiger partial charge in [0, 0.05) is 30.1 Å². The van der Waals surface area contributed by atoms with Crippen molar-refractivity contribution in [3.8, 4) is 0 Å². The highest BCUT2D eigenvalue weighted by atomic mass is 35.5. The Labute approximate surface area is 173 Å². The highest BCUT2D eigenvalue weighted by Crippen LogP contribution is 2.15.